The van der Waals surface area contributed by atoms with E-state index in [1.54, 1.807) is 0 Å². The zero-order chi connectivity index (χ0) is 11.2. The summed E-state index contributed by atoms with van der Waals surface area (Å²) >= 11 is 0. The van der Waals surface area contributed by atoms with Crippen molar-refractivity contribution in [2.75, 3.05) is 17.2 Å². The first-order valence-corrected chi connectivity index (χ1v) is 3.92. The third-order valence-corrected chi connectivity index (χ3v) is 1.96. The van der Waals surface area contributed by atoms with Crippen molar-refractivity contribution in [3.05, 3.63) is 23.3 Å². The van der Waals surface area contributed by atoms with Crippen LogP contribution in [-0.4, -0.2) is 12.5 Å². The monoisotopic (exact) mass is 220 g/mol. The van der Waals surface area contributed by atoms with Gasteiger partial charge < -0.3 is 10.6 Å². The molecular weight excluding hydrogens is 216 g/mol. The van der Waals surface area contributed by atoms with Crippen LogP contribution in [0.15, 0.2) is 0 Å². The van der Waals surface area contributed by atoms with Gasteiger partial charge in [0.05, 0.1) is 6.54 Å². The molecule has 3 nitrogen and oxygen atoms in total. The van der Waals surface area contributed by atoms with Crippen LogP contribution in [0.2, 0.25) is 0 Å². The largest absolute Gasteiger partial charge is 0.372 e. The van der Waals surface area contributed by atoms with Gasteiger partial charge in [0.2, 0.25) is 5.91 Å². The maximum absolute atomic E-state index is 13.1. The number of amides is 1. The number of benzene rings is 1. The van der Waals surface area contributed by atoms with Crippen LogP contribution in [0.5, 0.6) is 0 Å². The highest BCUT2D eigenvalue weighted by atomic mass is 19.2. The zero-order valence-electron chi connectivity index (χ0n) is 7.13. The number of hydrogen-bond donors (Lipinski definition) is 2. The van der Waals surface area contributed by atoms with Crippen molar-refractivity contribution in [1.82, 2.24) is 0 Å². The smallest absolute Gasteiger partial charge is 0.243 e. The summed E-state index contributed by atoms with van der Waals surface area (Å²) in [5, 5.41) is 4.07. The third-order valence-electron chi connectivity index (χ3n) is 1.96. The second kappa shape index (κ2) is 3.11. The van der Waals surface area contributed by atoms with Crippen LogP contribution in [0.3, 0.4) is 0 Å². The molecule has 1 aromatic carbocycles. The van der Waals surface area contributed by atoms with E-state index in [0.717, 1.165) is 0 Å². The molecule has 0 spiro atoms. The Bertz CT molecular complexity index is 461. The maximum atomic E-state index is 13.1. The van der Waals surface area contributed by atoms with Gasteiger partial charge in [0.1, 0.15) is 11.4 Å². The predicted molar refractivity (Wildman–Crippen MR) is 43.4 cm³/mol. The molecule has 80 valence electrons. The molecule has 0 saturated heterocycles. The molecular formula is C8H4F4N2O. The lowest BCUT2D eigenvalue weighted by Gasteiger charge is -2.20. The summed E-state index contributed by atoms with van der Waals surface area (Å²) in [5.74, 6) is -7.69. The lowest BCUT2D eigenvalue weighted by atomic mass is 10.2. The summed E-state index contributed by atoms with van der Waals surface area (Å²) in [5.41, 5.74) is -1.28. The van der Waals surface area contributed by atoms with Gasteiger partial charge in [0.15, 0.2) is 23.3 Å². The van der Waals surface area contributed by atoms with Crippen LogP contribution >= 0.6 is 0 Å². The van der Waals surface area contributed by atoms with Gasteiger partial charge in [-0.1, -0.05) is 0 Å². The van der Waals surface area contributed by atoms with E-state index in [4.69, 9.17) is 0 Å². The number of rotatable bonds is 0. The van der Waals surface area contributed by atoms with Gasteiger partial charge >= 0.3 is 0 Å². The minimum atomic E-state index is -1.95. The summed E-state index contributed by atoms with van der Waals surface area (Å²) in [4.78, 5) is 10.8. The second-order valence-corrected chi connectivity index (χ2v) is 2.91. The molecule has 0 bridgehead atoms. The molecule has 1 amide bonds. The van der Waals surface area contributed by atoms with E-state index in [1.807, 2.05) is 5.32 Å². The summed E-state index contributed by atoms with van der Waals surface area (Å²) in [6, 6.07) is 0. The highest BCUT2D eigenvalue weighted by molar-refractivity contribution is 6.00. The molecule has 7 heteroatoms. The van der Waals surface area contributed by atoms with Crippen molar-refractivity contribution in [1.29, 1.82) is 0 Å². The highest BCUT2D eigenvalue weighted by Crippen LogP contribution is 2.34. The fourth-order valence-electron chi connectivity index (χ4n) is 1.27. The van der Waals surface area contributed by atoms with Crippen molar-refractivity contribution in [2.24, 2.45) is 0 Å². The topological polar surface area (TPSA) is 41.1 Å². The van der Waals surface area contributed by atoms with E-state index in [2.05, 4.69) is 5.32 Å². The van der Waals surface area contributed by atoms with Gasteiger partial charge in [-0.15, -0.1) is 0 Å². The number of carbonyl (C=O) groups is 1. The quantitative estimate of drug-likeness (QED) is 0.396. The van der Waals surface area contributed by atoms with Crippen molar-refractivity contribution >= 4 is 17.3 Å². The molecule has 0 fully saturated rings. The second-order valence-electron chi connectivity index (χ2n) is 2.91. The van der Waals surface area contributed by atoms with Gasteiger partial charge in [0, 0.05) is 0 Å². The first-order valence-electron chi connectivity index (χ1n) is 3.92. The Morgan fingerprint density at radius 3 is 2.00 bits per heavy atom. The Balaban J connectivity index is 2.70. The molecule has 1 aromatic rings. The van der Waals surface area contributed by atoms with Crippen LogP contribution < -0.4 is 10.6 Å². The normalized spacial score (nSPS) is 14.3. The van der Waals surface area contributed by atoms with Crippen LogP contribution in [0.25, 0.3) is 0 Å². The fraction of sp³-hybridized carbons (Fsp3) is 0.125. The molecule has 0 aromatic heterocycles. The molecule has 1 aliphatic rings. The minimum absolute atomic E-state index is 0.325. The number of carbonyl (C=O) groups excluding carboxylic acids is 1. The van der Waals surface area contributed by atoms with Crippen LogP contribution in [0.4, 0.5) is 28.9 Å². The Hall–Kier alpha value is -1.79. The number of hydrogen-bond acceptors (Lipinski definition) is 2. The zero-order valence-corrected chi connectivity index (χ0v) is 7.13. The molecule has 2 rings (SSSR count). The molecule has 1 heterocycles. The number of fused-ring (bicyclic) bond motifs is 1. The standard InChI is InChI=1S/C8H4F4N2O/c9-3-4(10)6(12)8-7(5(3)11)13-1-2(15)14-8/h13H,1H2,(H,14,15). The van der Waals surface area contributed by atoms with Gasteiger partial charge in [-0.3, -0.25) is 4.79 Å². The maximum Gasteiger partial charge on any atom is 0.243 e. The molecule has 15 heavy (non-hydrogen) atoms. The minimum Gasteiger partial charge on any atom is -0.372 e. The Kier molecular flexibility index (Phi) is 2.02. The van der Waals surface area contributed by atoms with E-state index in [1.165, 1.54) is 0 Å². The number of nitrogens with one attached hydrogen (secondary N) is 2. The first-order chi connectivity index (χ1) is 7.02. The summed E-state index contributed by atoms with van der Waals surface area (Å²) < 4.78 is 51.6. The number of halogens is 4. The molecule has 0 aliphatic carbocycles. The predicted octanol–water partition coefficient (Wildman–Crippen LogP) is 1.61. The van der Waals surface area contributed by atoms with Crippen molar-refractivity contribution < 1.29 is 22.4 Å². The van der Waals surface area contributed by atoms with E-state index in [-0.39, 0.29) is 6.54 Å². The molecule has 0 radical (unpaired) electrons. The van der Waals surface area contributed by atoms with Gasteiger partial charge in [-0.25, -0.2) is 17.6 Å². The van der Waals surface area contributed by atoms with Crippen LogP contribution in [0.1, 0.15) is 0 Å². The van der Waals surface area contributed by atoms with Crippen molar-refractivity contribution in [3.8, 4) is 0 Å². The van der Waals surface area contributed by atoms with Crippen molar-refractivity contribution in [3.63, 3.8) is 0 Å². The Labute approximate surface area is 81.1 Å². The Morgan fingerprint density at radius 2 is 1.40 bits per heavy atom. The van der Waals surface area contributed by atoms with E-state index in [9.17, 15) is 22.4 Å². The van der Waals surface area contributed by atoms with Gasteiger partial charge in [-0.05, 0) is 0 Å². The van der Waals surface area contributed by atoms with Gasteiger partial charge in [0.25, 0.3) is 0 Å². The van der Waals surface area contributed by atoms with Crippen LogP contribution in [0, 0.1) is 23.3 Å². The number of anilines is 2. The summed E-state index contributed by atoms with van der Waals surface area (Å²) in [6.07, 6.45) is 0. The molecule has 2 N–H and O–H groups in total. The molecule has 0 unspecified atom stereocenters. The van der Waals surface area contributed by atoms with Crippen LogP contribution in [-0.2, 0) is 4.79 Å². The van der Waals surface area contributed by atoms with E-state index < -0.39 is 40.6 Å². The molecule has 0 saturated carbocycles. The average Bonchev–Trinajstić information content (AvgIpc) is 2.23. The van der Waals surface area contributed by atoms with Gasteiger partial charge in [-0.2, -0.15) is 0 Å². The summed E-state index contributed by atoms with van der Waals surface area (Å²) in [6.45, 7) is -0.325. The SMILES string of the molecule is O=C1CNc2c(F)c(F)c(F)c(F)c2N1. The molecule has 1 aliphatic heterocycles. The van der Waals surface area contributed by atoms with Crippen molar-refractivity contribution in [2.45, 2.75) is 0 Å². The third kappa shape index (κ3) is 1.31. The highest BCUT2D eigenvalue weighted by Gasteiger charge is 2.28. The van der Waals surface area contributed by atoms with E-state index in [0.29, 0.717) is 0 Å². The summed E-state index contributed by atoms with van der Waals surface area (Å²) in [7, 11) is 0. The average molecular weight is 220 g/mol. The lowest BCUT2D eigenvalue weighted by molar-refractivity contribution is -0.114. The lowest BCUT2D eigenvalue weighted by Crippen LogP contribution is -2.29. The molecule has 0 atom stereocenters. The first kappa shape index (κ1) is 9.75. The Morgan fingerprint density at radius 1 is 0.867 bits per heavy atom. The van der Waals surface area contributed by atoms with E-state index >= 15 is 0 Å². The fourth-order valence-corrected chi connectivity index (χ4v) is 1.27.